The number of aliphatic hydroxyl groups excluding tert-OH is 2. The first-order valence-electron chi connectivity index (χ1n) is 5.20. The van der Waals surface area contributed by atoms with Crippen molar-refractivity contribution in [1.82, 2.24) is 4.90 Å². The molecule has 0 spiro atoms. The predicted molar refractivity (Wildman–Crippen MR) is 54.2 cm³/mol. The fourth-order valence-electron chi connectivity index (χ4n) is 2.03. The zero-order chi connectivity index (χ0) is 10.4. The van der Waals surface area contributed by atoms with Gasteiger partial charge in [-0.1, -0.05) is 0 Å². The molecule has 0 aromatic heterocycles. The Bertz CT molecular complexity index is 157. The highest BCUT2D eigenvalue weighted by Crippen LogP contribution is 2.28. The van der Waals surface area contributed by atoms with Gasteiger partial charge in [0.1, 0.15) is 0 Å². The molecule has 0 aliphatic carbocycles. The molecule has 0 bridgehead atoms. The van der Waals surface area contributed by atoms with Crippen LogP contribution in [0.25, 0.3) is 0 Å². The summed E-state index contributed by atoms with van der Waals surface area (Å²) in [6.45, 7) is 3.23. The Labute approximate surface area is 85.5 Å². The van der Waals surface area contributed by atoms with E-state index in [0.29, 0.717) is 13.2 Å². The highest BCUT2D eigenvalue weighted by molar-refractivity contribution is 4.83. The van der Waals surface area contributed by atoms with Gasteiger partial charge in [0.2, 0.25) is 0 Å². The van der Waals surface area contributed by atoms with Gasteiger partial charge in [-0.2, -0.15) is 0 Å². The third kappa shape index (κ3) is 3.20. The van der Waals surface area contributed by atoms with Crippen LogP contribution in [-0.2, 0) is 4.74 Å². The molecule has 1 aliphatic heterocycles. The summed E-state index contributed by atoms with van der Waals surface area (Å²) in [5.74, 6) is 0. The molecular weight excluding hydrogens is 182 g/mol. The fourth-order valence-corrected chi connectivity index (χ4v) is 2.03. The van der Waals surface area contributed by atoms with E-state index in [1.807, 2.05) is 11.9 Å². The number of ether oxygens (including phenoxy) is 1. The van der Waals surface area contributed by atoms with Gasteiger partial charge < -0.3 is 19.8 Å². The largest absolute Gasteiger partial charge is 0.396 e. The number of hydrogen-bond donors (Lipinski definition) is 2. The molecule has 2 N–H and O–H groups in total. The lowest BCUT2D eigenvalue weighted by Gasteiger charge is -2.38. The molecule has 1 fully saturated rings. The lowest BCUT2D eigenvalue weighted by atomic mass is 9.83. The monoisotopic (exact) mass is 203 g/mol. The van der Waals surface area contributed by atoms with Gasteiger partial charge in [0.05, 0.1) is 19.8 Å². The minimum absolute atomic E-state index is 0.109. The summed E-state index contributed by atoms with van der Waals surface area (Å²) < 4.78 is 5.41. The summed E-state index contributed by atoms with van der Waals surface area (Å²) in [5.41, 5.74) is -0.109. The van der Waals surface area contributed by atoms with Crippen molar-refractivity contribution in [2.45, 2.75) is 12.8 Å². The van der Waals surface area contributed by atoms with E-state index in [4.69, 9.17) is 9.84 Å². The maximum atomic E-state index is 9.39. The maximum Gasteiger partial charge on any atom is 0.0558 e. The Balaban J connectivity index is 2.42. The van der Waals surface area contributed by atoms with E-state index in [1.165, 1.54) is 0 Å². The van der Waals surface area contributed by atoms with E-state index in [9.17, 15) is 5.11 Å². The standard InChI is InChI=1S/C10H21NO3/c1-11(4-5-12)7-10(8-13)3-2-6-14-9-10/h12-13H,2-9H2,1H3. The van der Waals surface area contributed by atoms with Gasteiger partial charge in [0.15, 0.2) is 0 Å². The quantitative estimate of drug-likeness (QED) is 0.644. The SMILES string of the molecule is CN(CCO)CC1(CO)CCCOC1. The smallest absolute Gasteiger partial charge is 0.0558 e. The lowest BCUT2D eigenvalue weighted by molar-refractivity contribution is -0.0533. The Morgan fingerprint density at radius 3 is 2.71 bits per heavy atom. The highest BCUT2D eigenvalue weighted by atomic mass is 16.5. The first kappa shape index (κ1) is 11.9. The van der Waals surface area contributed by atoms with Crippen molar-refractivity contribution < 1.29 is 14.9 Å². The molecule has 1 aliphatic rings. The van der Waals surface area contributed by atoms with E-state index in [2.05, 4.69) is 0 Å². The molecule has 1 rings (SSSR count). The topological polar surface area (TPSA) is 52.9 Å². The molecular formula is C10H21NO3. The second-order valence-electron chi connectivity index (χ2n) is 4.28. The van der Waals surface area contributed by atoms with Gasteiger partial charge in [-0.15, -0.1) is 0 Å². The third-order valence-electron chi connectivity index (χ3n) is 2.83. The van der Waals surface area contributed by atoms with E-state index in [-0.39, 0.29) is 18.6 Å². The molecule has 4 nitrogen and oxygen atoms in total. The van der Waals surface area contributed by atoms with Gasteiger partial charge in [-0.05, 0) is 19.9 Å². The Kier molecular flexibility index (Phi) is 4.81. The molecule has 1 heterocycles. The molecule has 0 aromatic carbocycles. The average molecular weight is 203 g/mol. The summed E-state index contributed by atoms with van der Waals surface area (Å²) in [5, 5.41) is 18.2. The fraction of sp³-hybridized carbons (Fsp3) is 1.00. The number of aliphatic hydroxyl groups is 2. The number of hydrogen-bond acceptors (Lipinski definition) is 4. The minimum Gasteiger partial charge on any atom is -0.396 e. The molecule has 0 amide bonds. The average Bonchev–Trinajstić information content (AvgIpc) is 2.19. The van der Waals surface area contributed by atoms with Crippen molar-refractivity contribution in [1.29, 1.82) is 0 Å². The van der Waals surface area contributed by atoms with Crippen LogP contribution in [0.2, 0.25) is 0 Å². The van der Waals surface area contributed by atoms with Crippen LogP contribution in [0.1, 0.15) is 12.8 Å². The first-order valence-corrected chi connectivity index (χ1v) is 5.20. The molecule has 1 unspecified atom stereocenters. The summed E-state index contributed by atoms with van der Waals surface area (Å²) in [6, 6.07) is 0. The van der Waals surface area contributed by atoms with Gasteiger partial charge in [0.25, 0.3) is 0 Å². The lowest BCUT2D eigenvalue weighted by Crippen LogP contribution is -2.45. The van der Waals surface area contributed by atoms with Gasteiger partial charge in [-0.25, -0.2) is 0 Å². The molecule has 0 radical (unpaired) electrons. The Hall–Kier alpha value is -0.160. The summed E-state index contributed by atoms with van der Waals surface area (Å²) in [6.07, 6.45) is 2.03. The van der Waals surface area contributed by atoms with Crippen molar-refractivity contribution in [2.24, 2.45) is 5.41 Å². The van der Waals surface area contributed by atoms with Gasteiger partial charge in [-0.3, -0.25) is 0 Å². The van der Waals surface area contributed by atoms with Crippen molar-refractivity contribution in [3.63, 3.8) is 0 Å². The summed E-state index contributed by atoms with van der Waals surface area (Å²) >= 11 is 0. The molecule has 84 valence electrons. The molecule has 1 atom stereocenters. The first-order chi connectivity index (χ1) is 6.72. The molecule has 0 saturated carbocycles. The zero-order valence-electron chi connectivity index (χ0n) is 8.91. The number of likely N-dealkylation sites (N-methyl/N-ethyl adjacent to an activating group) is 1. The van der Waals surface area contributed by atoms with Crippen molar-refractivity contribution in [2.75, 3.05) is 46.6 Å². The van der Waals surface area contributed by atoms with Crippen molar-refractivity contribution >= 4 is 0 Å². The minimum atomic E-state index is -0.109. The van der Waals surface area contributed by atoms with Gasteiger partial charge in [0, 0.05) is 25.1 Å². The van der Waals surface area contributed by atoms with Crippen LogP contribution in [0.15, 0.2) is 0 Å². The maximum absolute atomic E-state index is 9.39. The summed E-state index contributed by atoms with van der Waals surface area (Å²) in [4.78, 5) is 2.05. The van der Waals surface area contributed by atoms with Crippen LogP contribution in [0, 0.1) is 5.41 Å². The van der Waals surface area contributed by atoms with Crippen LogP contribution in [-0.4, -0.2) is 61.7 Å². The van der Waals surface area contributed by atoms with Crippen LogP contribution >= 0.6 is 0 Å². The number of nitrogens with zero attached hydrogens (tertiary/aromatic N) is 1. The second-order valence-corrected chi connectivity index (χ2v) is 4.28. The predicted octanol–water partition coefficient (Wildman–Crippen LogP) is -0.300. The third-order valence-corrected chi connectivity index (χ3v) is 2.83. The normalized spacial score (nSPS) is 28.3. The van der Waals surface area contributed by atoms with Crippen molar-refractivity contribution in [3.05, 3.63) is 0 Å². The van der Waals surface area contributed by atoms with E-state index in [0.717, 1.165) is 26.0 Å². The highest BCUT2D eigenvalue weighted by Gasteiger charge is 2.33. The van der Waals surface area contributed by atoms with Crippen LogP contribution in [0.3, 0.4) is 0 Å². The van der Waals surface area contributed by atoms with Crippen molar-refractivity contribution in [3.8, 4) is 0 Å². The molecule has 4 heteroatoms. The van der Waals surface area contributed by atoms with Crippen LogP contribution in [0.4, 0.5) is 0 Å². The van der Waals surface area contributed by atoms with E-state index in [1.54, 1.807) is 0 Å². The number of rotatable bonds is 5. The molecule has 1 saturated heterocycles. The second kappa shape index (κ2) is 5.66. The van der Waals surface area contributed by atoms with Crippen LogP contribution < -0.4 is 0 Å². The summed E-state index contributed by atoms with van der Waals surface area (Å²) in [7, 11) is 1.96. The Morgan fingerprint density at radius 2 is 2.21 bits per heavy atom. The van der Waals surface area contributed by atoms with Crippen LogP contribution in [0.5, 0.6) is 0 Å². The molecule has 0 aromatic rings. The Morgan fingerprint density at radius 1 is 1.43 bits per heavy atom. The van der Waals surface area contributed by atoms with E-state index >= 15 is 0 Å². The molecule has 14 heavy (non-hydrogen) atoms. The van der Waals surface area contributed by atoms with E-state index < -0.39 is 0 Å². The van der Waals surface area contributed by atoms with Gasteiger partial charge >= 0.3 is 0 Å². The zero-order valence-corrected chi connectivity index (χ0v) is 8.91.